The molecule has 22 heteroatoms. The van der Waals surface area contributed by atoms with E-state index in [1.54, 1.807) is 44.1 Å². The van der Waals surface area contributed by atoms with E-state index in [2.05, 4.69) is 176 Å². The number of aromatic amines is 1. The van der Waals surface area contributed by atoms with Crippen LogP contribution in [0.3, 0.4) is 0 Å². The summed E-state index contributed by atoms with van der Waals surface area (Å²) >= 11 is 0. The summed E-state index contributed by atoms with van der Waals surface area (Å²) in [5, 5.41) is 5.35. The van der Waals surface area contributed by atoms with Crippen LogP contribution in [-0.2, 0) is 20.7 Å². The molecule has 22 nitrogen and oxygen atoms in total. The Morgan fingerprint density at radius 1 is 0.519 bits per heavy atom. The third-order valence-corrected chi connectivity index (χ3v) is 11.6. The number of hydrogen-bond donors (Lipinski definition) is 7. The zero-order valence-corrected chi connectivity index (χ0v) is 50.5. The molecule has 79 heavy (non-hydrogen) atoms. The van der Waals surface area contributed by atoms with Gasteiger partial charge >= 0.3 is 0 Å². The predicted octanol–water partition coefficient (Wildman–Crippen LogP) is 8.29. The molecule has 2 amide bonds. The maximum Gasteiger partial charge on any atom is 0.280 e. The standard InChI is InChI=1S/C10H14N4.C10H17N3.C10H16N2O.C9H13N5O.C9H15N3.C9H14N2O/c1-10(2,3)14-6-13-8-7(11)4-5-12-9(8)14;1-7-6-13(10(3,4)5)8(2)12-9(7)11;1-7-6-12(10(3,4)5)8(2)11-9(7)13;1-9(2,3)14-4-11-5-6(14)12-8(10)13-7(5)15;1-7-11-8(10)5-6-12(7)9(2,3)4;1-7-10-8(12)5-6-11(7)9(2,3)4/h4-6H,1-3H3,(H2,11,12);6H,2H2,1,3-5H3,(H2,11,12);6H,2H2,1,3-5H3,(H,11,13);4H,1-3H3,(H3,10,12,13,15);5-6H,1H2,2-4H3,(H2,10,11);5-6H,1H2,2-4H3,(H,10,12). The fourth-order valence-corrected chi connectivity index (χ4v) is 7.45. The summed E-state index contributed by atoms with van der Waals surface area (Å²) in [6, 6.07) is 1.77. The zero-order valence-electron chi connectivity index (χ0n) is 50.5. The van der Waals surface area contributed by atoms with Gasteiger partial charge in [0.05, 0.1) is 18.3 Å². The van der Waals surface area contributed by atoms with Gasteiger partial charge in [0.15, 0.2) is 16.8 Å². The van der Waals surface area contributed by atoms with Gasteiger partial charge in [0.2, 0.25) is 5.95 Å². The zero-order chi connectivity index (χ0) is 60.7. The lowest BCUT2D eigenvalue weighted by Crippen LogP contribution is -2.46. The van der Waals surface area contributed by atoms with Crippen molar-refractivity contribution >= 4 is 57.4 Å². The fourth-order valence-electron chi connectivity index (χ4n) is 7.45. The minimum absolute atomic E-state index is 0.00252. The quantitative estimate of drug-likeness (QED) is 0.0871. The number of nitrogens with zero attached hydrogens (tertiary/aromatic N) is 12. The van der Waals surface area contributed by atoms with Crippen LogP contribution in [0.25, 0.3) is 22.3 Å². The number of hydrogen-bond acceptors (Lipinski definition) is 17. The molecular formula is C57H89N19O3. The van der Waals surface area contributed by atoms with Crippen molar-refractivity contribution in [3.05, 3.63) is 133 Å². The smallest absolute Gasteiger partial charge is 0.280 e. The van der Waals surface area contributed by atoms with Gasteiger partial charge in [-0.25, -0.2) is 24.9 Å². The van der Waals surface area contributed by atoms with Crippen molar-refractivity contribution in [2.24, 2.45) is 21.5 Å². The van der Waals surface area contributed by atoms with Crippen molar-refractivity contribution < 1.29 is 9.59 Å². The Morgan fingerprint density at radius 2 is 0.987 bits per heavy atom. The number of H-pyrrole nitrogens is 1. The number of imidazole rings is 2. The van der Waals surface area contributed by atoms with Crippen molar-refractivity contribution in [2.45, 2.75) is 172 Å². The first kappa shape index (κ1) is 64.9. The molecule has 8 heterocycles. The van der Waals surface area contributed by atoms with E-state index in [4.69, 9.17) is 22.9 Å². The molecule has 4 aromatic rings. The first-order chi connectivity index (χ1) is 35.9. The molecule has 0 saturated carbocycles. The summed E-state index contributed by atoms with van der Waals surface area (Å²) in [5.41, 5.74) is 26.7. The van der Waals surface area contributed by atoms with Gasteiger partial charge in [-0.15, -0.1) is 0 Å². The third-order valence-electron chi connectivity index (χ3n) is 11.6. The van der Waals surface area contributed by atoms with Crippen molar-refractivity contribution in [3.8, 4) is 0 Å². The van der Waals surface area contributed by atoms with E-state index in [1.165, 1.54) is 6.08 Å². The number of carbonyl (C=O) groups is 2. The minimum atomic E-state index is -0.305. The van der Waals surface area contributed by atoms with E-state index in [0.717, 1.165) is 16.7 Å². The summed E-state index contributed by atoms with van der Waals surface area (Å²) in [4.78, 5) is 68.8. The Kier molecular flexibility index (Phi) is 20.1. The minimum Gasteiger partial charge on any atom is -0.397 e. The molecule has 430 valence electrons. The number of carbonyl (C=O) groups excluding carboxylic acids is 2. The average Bonchev–Trinajstić information content (AvgIpc) is 3.93. The Hall–Kier alpha value is -8.43. The lowest BCUT2D eigenvalue weighted by atomic mass is 10.1. The molecule has 4 aliphatic rings. The highest BCUT2D eigenvalue weighted by atomic mass is 16.2. The highest BCUT2D eigenvalue weighted by Crippen LogP contribution is 2.27. The van der Waals surface area contributed by atoms with Crippen molar-refractivity contribution in [3.63, 3.8) is 0 Å². The Bertz CT molecular complexity index is 3180. The lowest BCUT2D eigenvalue weighted by Gasteiger charge is -2.38. The molecule has 4 aliphatic heterocycles. The van der Waals surface area contributed by atoms with E-state index in [1.807, 2.05) is 75.0 Å². The number of amidine groups is 2. The highest BCUT2D eigenvalue weighted by molar-refractivity contribution is 5.97. The van der Waals surface area contributed by atoms with Gasteiger partial charge in [-0.2, -0.15) is 4.98 Å². The number of amides is 2. The molecule has 0 saturated heterocycles. The molecule has 0 spiro atoms. The van der Waals surface area contributed by atoms with Crippen LogP contribution in [0.2, 0.25) is 0 Å². The Morgan fingerprint density at radius 3 is 1.48 bits per heavy atom. The molecule has 11 N–H and O–H groups in total. The van der Waals surface area contributed by atoms with Crippen LogP contribution in [0.1, 0.15) is 138 Å². The monoisotopic (exact) mass is 1090 g/mol. The fraction of sp³-hybridized carbons (Fsp3) is 0.456. The summed E-state index contributed by atoms with van der Waals surface area (Å²) in [6.45, 7) is 56.3. The van der Waals surface area contributed by atoms with E-state index >= 15 is 0 Å². The topological polar surface area (TPSA) is 294 Å². The van der Waals surface area contributed by atoms with Gasteiger partial charge in [0.25, 0.3) is 17.4 Å². The molecule has 0 radical (unpaired) electrons. The number of nitrogens with two attached hydrogens (primary N) is 4. The van der Waals surface area contributed by atoms with Crippen LogP contribution in [0.15, 0.2) is 137 Å². The van der Waals surface area contributed by atoms with Gasteiger partial charge in [-0.3, -0.25) is 19.4 Å². The molecule has 0 atom stereocenters. The van der Waals surface area contributed by atoms with E-state index in [0.29, 0.717) is 57.4 Å². The van der Waals surface area contributed by atoms with Crippen LogP contribution in [0.5, 0.6) is 0 Å². The van der Waals surface area contributed by atoms with Crippen LogP contribution in [0, 0.1) is 0 Å². The maximum atomic E-state index is 11.5. The van der Waals surface area contributed by atoms with Crippen LogP contribution in [-0.4, -0.2) is 99.3 Å². The SMILES string of the molecule is C=C1N=C(N)C(C)=CN1C(C)(C)C.C=C1N=C(N)C=CN1C(C)(C)C.C=C1NC(=O)C(C)=CN1C(C)(C)C.C=C1NC(=O)C=CN1C(C)(C)C.CC(C)(C)n1cnc2c(=O)[nH]c(N)nc21.CC(C)(C)n1cnc2c(N)ccnc21. The molecule has 0 aromatic carbocycles. The number of anilines is 2. The van der Waals surface area contributed by atoms with Gasteiger partial charge in [0, 0.05) is 81.5 Å². The molecular weight excluding hydrogens is 999 g/mol. The Labute approximate surface area is 467 Å². The first-order valence-corrected chi connectivity index (χ1v) is 25.6. The van der Waals surface area contributed by atoms with Crippen molar-refractivity contribution in [1.82, 2.24) is 64.3 Å². The number of aliphatic imine (C=N–C) groups is 2. The summed E-state index contributed by atoms with van der Waals surface area (Å²) in [5.74, 6) is 3.69. The largest absolute Gasteiger partial charge is 0.397 e. The normalized spacial score (nSPS) is 16.1. The van der Waals surface area contributed by atoms with Crippen molar-refractivity contribution in [2.75, 3.05) is 11.5 Å². The number of pyridine rings is 1. The van der Waals surface area contributed by atoms with Crippen molar-refractivity contribution in [1.29, 1.82) is 0 Å². The maximum absolute atomic E-state index is 11.5. The first-order valence-electron chi connectivity index (χ1n) is 25.6. The summed E-state index contributed by atoms with van der Waals surface area (Å²) in [7, 11) is 0. The molecule has 0 bridgehead atoms. The number of rotatable bonds is 0. The van der Waals surface area contributed by atoms with Gasteiger partial charge in [-0.05, 0) is 151 Å². The van der Waals surface area contributed by atoms with Crippen LogP contribution < -0.4 is 39.1 Å². The number of aromatic nitrogens is 7. The number of fused-ring (bicyclic) bond motifs is 2. The second kappa shape index (κ2) is 24.5. The van der Waals surface area contributed by atoms with Gasteiger partial charge in [-0.1, -0.05) is 26.3 Å². The van der Waals surface area contributed by atoms with Crippen LogP contribution >= 0.6 is 0 Å². The molecule has 0 unspecified atom stereocenters. The summed E-state index contributed by atoms with van der Waals surface area (Å²) in [6.07, 6.45) is 15.9. The van der Waals surface area contributed by atoms with E-state index < -0.39 is 0 Å². The lowest BCUT2D eigenvalue weighted by molar-refractivity contribution is -0.118. The predicted molar refractivity (Wildman–Crippen MR) is 323 cm³/mol. The molecule has 4 aromatic heterocycles. The van der Waals surface area contributed by atoms with Gasteiger partial charge in [0.1, 0.15) is 40.5 Å². The third kappa shape index (κ3) is 17.8. The molecule has 0 fully saturated rings. The molecule has 8 rings (SSSR count). The second-order valence-corrected chi connectivity index (χ2v) is 24.9. The number of nitrogens with one attached hydrogen (secondary N) is 3. The number of nitrogen functional groups attached to an aromatic ring is 2. The second-order valence-electron chi connectivity index (χ2n) is 24.9. The Balaban J connectivity index is 0.000000250. The average molecular weight is 1090 g/mol. The van der Waals surface area contributed by atoms with E-state index in [9.17, 15) is 14.4 Å². The molecule has 0 aliphatic carbocycles. The van der Waals surface area contributed by atoms with E-state index in [-0.39, 0.29) is 56.6 Å². The van der Waals surface area contributed by atoms with Crippen LogP contribution in [0.4, 0.5) is 11.6 Å². The highest BCUT2D eigenvalue weighted by Gasteiger charge is 2.28. The van der Waals surface area contributed by atoms with Gasteiger partial charge < -0.3 is 62.3 Å². The summed E-state index contributed by atoms with van der Waals surface area (Å²) < 4.78 is 3.85.